The van der Waals surface area contributed by atoms with Crippen LogP contribution in [0.2, 0.25) is 0 Å². The Hall–Kier alpha value is -2.34. The summed E-state index contributed by atoms with van der Waals surface area (Å²) < 4.78 is 6.11. The van der Waals surface area contributed by atoms with E-state index in [1.807, 2.05) is 41.3 Å². The molecule has 2 heterocycles. The van der Waals surface area contributed by atoms with Gasteiger partial charge in [0.25, 0.3) is 0 Å². The molecule has 0 aromatic heterocycles. The standard InChI is InChI=1S/C25H27BrN2O3/c1-31-18-10-9-17(21(26)13-18)12-23(29)27-14-19-20(15-27)24(19)25(30)28-11-5-8-22(28)16-6-3-2-4-7-16/h2-4,6-7,9-10,13,19-20,22,24H,5,8,11-12,14-15H2,1H3/t19-,20+,22?,24?. The zero-order valence-corrected chi connectivity index (χ0v) is 19.3. The van der Waals surface area contributed by atoms with Crippen molar-refractivity contribution in [3.63, 3.8) is 0 Å². The van der Waals surface area contributed by atoms with Crippen LogP contribution in [0.15, 0.2) is 53.0 Å². The van der Waals surface area contributed by atoms with Crippen molar-refractivity contribution in [3.8, 4) is 5.75 Å². The summed E-state index contributed by atoms with van der Waals surface area (Å²) in [7, 11) is 1.63. The maximum atomic E-state index is 13.3. The number of fused-ring (bicyclic) bond motifs is 1. The first-order chi connectivity index (χ1) is 15.1. The molecule has 2 aliphatic heterocycles. The third-order valence-electron chi connectivity index (χ3n) is 7.15. The number of rotatable bonds is 5. The fourth-order valence-corrected chi connectivity index (χ4v) is 5.91. The Kier molecular flexibility index (Phi) is 5.51. The predicted octanol–water partition coefficient (Wildman–Crippen LogP) is 4.07. The lowest BCUT2D eigenvalue weighted by Gasteiger charge is -2.27. The molecule has 0 radical (unpaired) electrons. The highest BCUT2D eigenvalue weighted by Crippen LogP contribution is 2.54. The molecule has 2 aromatic rings. The molecule has 0 N–H and O–H groups in total. The van der Waals surface area contributed by atoms with Gasteiger partial charge in [-0.15, -0.1) is 0 Å². The predicted molar refractivity (Wildman–Crippen MR) is 122 cm³/mol. The normalized spacial score (nSPS) is 26.6. The van der Waals surface area contributed by atoms with Crippen LogP contribution in [0.1, 0.15) is 30.0 Å². The van der Waals surface area contributed by atoms with Crippen molar-refractivity contribution in [2.45, 2.75) is 25.3 Å². The molecule has 2 saturated heterocycles. The monoisotopic (exact) mass is 482 g/mol. The Morgan fingerprint density at radius 3 is 2.52 bits per heavy atom. The van der Waals surface area contributed by atoms with Gasteiger partial charge in [0.05, 0.1) is 19.6 Å². The summed E-state index contributed by atoms with van der Waals surface area (Å²) >= 11 is 3.54. The molecule has 0 spiro atoms. The molecule has 3 fully saturated rings. The molecule has 2 amide bonds. The number of amides is 2. The van der Waals surface area contributed by atoms with Crippen LogP contribution in [0.4, 0.5) is 0 Å². The minimum Gasteiger partial charge on any atom is -0.497 e. The van der Waals surface area contributed by atoms with Gasteiger partial charge in [0.15, 0.2) is 0 Å². The highest BCUT2D eigenvalue weighted by molar-refractivity contribution is 9.10. The number of methoxy groups -OCH3 is 1. The zero-order chi connectivity index (χ0) is 21.5. The van der Waals surface area contributed by atoms with Gasteiger partial charge in [0, 0.05) is 30.0 Å². The number of carbonyl (C=O) groups excluding carboxylic acids is 2. The quantitative estimate of drug-likeness (QED) is 0.645. The van der Waals surface area contributed by atoms with E-state index in [0.717, 1.165) is 35.2 Å². The van der Waals surface area contributed by atoms with E-state index in [1.54, 1.807) is 7.11 Å². The van der Waals surface area contributed by atoms with Crippen molar-refractivity contribution in [1.29, 1.82) is 0 Å². The molecule has 2 aromatic carbocycles. The van der Waals surface area contributed by atoms with E-state index in [0.29, 0.717) is 37.3 Å². The first-order valence-corrected chi connectivity index (χ1v) is 11.8. The topological polar surface area (TPSA) is 49.9 Å². The Bertz CT molecular complexity index is 984. The summed E-state index contributed by atoms with van der Waals surface area (Å²) in [6.45, 7) is 2.26. The third-order valence-corrected chi connectivity index (χ3v) is 7.89. The van der Waals surface area contributed by atoms with E-state index >= 15 is 0 Å². The molecule has 1 aliphatic carbocycles. The molecule has 162 valence electrons. The van der Waals surface area contributed by atoms with E-state index in [1.165, 1.54) is 5.56 Å². The number of hydrogen-bond donors (Lipinski definition) is 0. The molecular formula is C25H27BrN2O3. The average molecular weight is 483 g/mol. The minimum absolute atomic E-state index is 0.0982. The van der Waals surface area contributed by atoms with Crippen molar-refractivity contribution >= 4 is 27.7 Å². The largest absolute Gasteiger partial charge is 0.497 e. The van der Waals surface area contributed by atoms with Gasteiger partial charge in [-0.2, -0.15) is 0 Å². The highest BCUT2D eigenvalue weighted by atomic mass is 79.9. The first kappa shape index (κ1) is 20.6. The first-order valence-electron chi connectivity index (χ1n) is 11.0. The molecule has 31 heavy (non-hydrogen) atoms. The minimum atomic E-state index is 0.0982. The number of hydrogen-bond acceptors (Lipinski definition) is 3. The van der Waals surface area contributed by atoms with Crippen molar-refractivity contribution in [1.82, 2.24) is 9.80 Å². The molecule has 5 rings (SSSR count). The Morgan fingerprint density at radius 2 is 1.84 bits per heavy atom. The second-order valence-corrected chi connectivity index (χ2v) is 9.74. The third kappa shape index (κ3) is 3.86. The number of ether oxygens (including phenoxy) is 1. The van der Waals surface area contributed by atoms with Crippen molar-refractivity contribution in [3.05, 3.63) is 64.1 Å². The van der Waals surface area contributed by atoms with E-state index in [-0.39, 0.29) is 17.9 Å². The summed E-state index contributed by atoms with van der Waals surface area (Å²) in [6, 6.07) is 16.3. The van der Waals surface area contributed by atoms with Crippen LogP contribution in [0, 0.1) is 17.8 Å². The maximum absolute atomic E-state index is 13.3. The number of carbonyl (C=O) groups is 2. The molecule has 1 saturated carbocycles. The summed E-state index contributed by atoms with van der Waals surface area (Å²) in [5.41, 5.74) is 2.20. The fourth-order valence-electron chi connectivity index (χ4n) is 5.41. The van der Waals surface area contributed by atoms with Gasteiger partial charge in [-0.3, -0.25) is 9.59 Å². The van der Waals surface area contributed by atoms with Crippen LogP contribution >= 0.6 is 15.9 Å². The van der Waals surface area contributed by atoms with Crippen LogP contribution in [0.5, 0.6) is 5.75 Å². The van der Waals surface area contributed by atoms with Crippen LogP contribution in [-0.4, -0.2) is 48.4 Å². The van der Waals surface area contributed by atoms with Gasteiger partial charge in [0.1, 0.15) is 5.75 Å². The smallest absolute Gasteiger partial charge is 0.227 e. The van der Waals surface area contributed by atoms with Gasteiger partial charge >= 0.3 is 0 Å². The van der Waals surface area contributed by atoms with Gasteiger partial charge < -0.3 is 14.5 Å². The average Bonchev–Trinajstić information content (AvgIpc) is 3.14. The SMILES string of the molecule is COc1ccc(CC(=O)N2C[C@@H]3C(C(=O)N4CCCC4c4ccccc4)[C@@H]3C2)c(Br)c1. The lowest BCUT2D eigenvalue weighted by atomic mass is 10.0. The second kappa shape index (κ2) is 8.30. The Morgan fingerprint density at radius 1 is 1.10 bits per heavy atom. The van der Waals surface area contributed by atoms with E-state index in [2.05, 4.69) is 33.0 Å². The van der Waals surface area contributed by atoms with Crippen molar-refractivity contribution in [2.24, 2.45) is 17.8 Å². The Balaban J connectivity index is 1.18. The molecule has 0 bridgehead atoms. The molecule has 4 atom stereocenters. The molecule has 6 heteroatoms. The summed E-state index contributed by atoms with van der Waals surface area (Å²) in [5, 5.41) is 0. The van der Waals surface area contributed by atoms with Gasteiger partial charge in [-0.05, 0) is 47.9 Å². The lowest BCUT2D eigenvalue weighted by Crippen LogP contribution is -2.37. The number of likely N-dealkylation sites (tertiary alicyclic amines) is 2. The summed E-state index contributed by atoms with van der Waals surface area (Å²) in [4.78, 5) is 30.2. The van der Waals surface area contributed by atoms with E-state index in [4.69, 9.17) is 4.74 Å². The molecular weight excluding hydrogens is 456 g/mol. The number of halogens is 1. The molecule has 3 aliphatic rings. The zero-order valence-electron chi connectivity index (χ0n) is 17.7. The maximum Gasteiger partial charge on any atom is 0.227 e. The van der Waals surface area contributed by atoms with Crippen LogP contribution in [0.3, 0.4) is 0 Å². The highest BCUT2D eigenvalue weighted by Gasteiger charge is 2.61. The molecule has 2 unspecified atom stereocenters. The number of piperidine rings is 1. The van der Waals surface area contributed by atoms with Gasteiger partial charge in [-0.1, -0.05) is 52.3 Å². The van der Waals surface area contributed by atoms with Gasteiger partial charge in [0.2, 0.25) is 11.8 Å². The number of nitrogens with zero attached hydrogens (tertiary/aromatic N) is 2. The van der Waals surface area contributed by atoms with Crippen LogP contribution in [0.25, 0.3) is 0 Å². The van der Waals surface area contributed by atoms with Crippen molar-refractivity contribution < 1.29 is 14.3 Å². The van der Waals surface area contributed by atoms with Crippen LogP contribution < -0.4 is 4.74 Å². The summed E-state index contributed by atoms with van der Waals surface area (Å²) in [5.74, 6) is 1.95. The van der Waals surface area contributed by atoms with Crippen LogP contribution in [-0.2, 0) is 16.0 Å². The van der Waals surface area contributed by atoms with E-state index < -0.39 is 0 Å². The van der Waals surface area contributed by atoms with Gasteiger partial charge in [-0.25, -0.2) is 0 Å². The second-order valence-electron chi connectivity index (χ2n) is 8.89. The summed E-state index contributed by atoms with van der Waals surface area (Å²) in [6.07, 6.45) is 2.47. The fraction of sp³-hybridized carbons (Fsp3) is 0.440. The molecule has 5 nitrogen and oxygen atoms in total. The number of benzene rings is 2. The Labute approximate surface area is 191 Å². The van der Waals surface area contributed by atoms with Crippen molar-refractivity contribution in [2.75, 3.05) is 26.7 Å². The van der Waals surface area contributed by atoms with E-state index in [9.17, 15) is 9.59 Å². The lowest BCUT2D eigenvalue weighted by molar-refractivity contribution is -0.136.